The molecular formula is C19H16BrN3O3. The van der Waals surface area contributed by atoms with Crippen molar-refractivity contribution in [1.29, 1.82) is 0 Å². The molecule has 3 aromatic rings. The van der Waals surface area contributed by atoms with E-state index in [0.29, 0.717) is 16.6 Å². The quantitative estimate of drug-likeness (QED) is 0.653. The molecule has 26 heavy (non-hydrogen) atoms. The molecule has 1 amide bonds. The van der Waals surface area contributed by atoms with Crippen LogP contribution in [-0.4, -0.2) is 15.0 Å². The maximum atomic E-state index is 12.7. The Morgan fingerprint density at radius 2 is 1.77 bits per heavy atom. The van der Waals surface area contributed by atoms with Crippen LogP contribution in [0.2, 0.25) is 0 Å². The number of allylic oxidation sites excluding steroid dienone is 1. The number of carbonyl (C=O) groups is 1. The third-order valence-electron chi connectivity index (χ3n) is 3.87. The predicted octanol–water partition coefficient (Wildman–Crippen LogP) is 2.75. The summed E-state index contributed by atoms with van der Waals surface area (Å²) < 4.78 is 3.27. The van der Waals surface area contributed by atoms with Crippen LogP contribution in [0.15, 0.2) is 75.2 Å². The molecule has 0 aliphatic heterocycles. The van der Waals surface area contributed by atoms with Gasteiger partial charge >= 0.3 is 5.69 Å². The van der Waals surface area contributed by atoms with Crippen LogP contribution in [0.3, 0.4) is 0 Å². The van der Waals surface area contributed by atoms with Crippen LogP contribution in [0, 0.1) is 0 Å². The van der Waals surface area contributed by atoms with Gasteiger partial charge in [0.05, 0.1) is 10.9 Å². The fourth-order valence-corrected chi connectivity index (χ4v) is 2.96. The van der Waals surface area contributed by atoms with Crippen molar-refractivity contribution in [2.75, 3.05) is 5.32 Å². The van der Waals surface area contributed by atoms with Crippen LogP contribution in [0.5, 0.6) is 0 Å². The molecule has 0 aliphatic rings. The molecule has 3 rings (SSSR count). The van der Waals surface area contributed by atoms with Crippen LogP contribution in [0.4, 0.5) is 5.69 Å². The zero-order valence-electron chi connectivity index (χ0n) is 13.8. The van der Waals surface area contributed by atoms with Gasteiger partial charge in [0.1, 0.15) is 6.54 Å². The number of carbonyl (C=O) groups excluding carboxylic acids is 1. The smallest absolute Gasteiger partial charge is 0.325 e. The lowest BCUT2D eigenvalue weighted by molar-refractivity contribution is -0.116. The molecule has 0 spiro atoms. The fraction of sp³-hybridized carbons (Fsp3) is 0.105. The van der Waals surface area contributed by atoms with E-state index in [1.54, 1.807) is 48.5 Å². The largest absolute Gasteiger partial charge is 0.332 e. The lowest BCUT2D eigenvalue weighted by Gasteiger charge is -2.13. The molecule has 6 nitrogen and oxygen atoms in total. The summed E-state index contributed by atoms with van der Waals surface area (Å²) in [6.07, 6.45) is 1.48. The summed E-state index contributed by atoms with van der Waals surface area (Å²) in [5.74, 6) is -0.358. The number of benzene rings is 2. The first kappa shape index (κ1) is 17.9. The molecule has 0 bridgehead atoms. The summed E-state index contributed by atoms with van der Waals surface area (Å²) in [4.78, 5) is 37.6. The molecule has 0 aliphatic carbocycles. The number of anilines is 1. The van der Waals surface area contributed by atoms with Crippen LogP contribution >= 0.6 is 15.9 Å². The average Bonchev–Trinajstić information content (AvgIpc) is 2.64. The van der Waals surface area contributed by atoms with E-state index in [0.717, 1.165) is 9.04 Å². The maximum Gasteiger partial charge on any atom is 0.332 e. The minimum absolute atomic E-state index is 0.0802. The Labute approximate surface area is 157 Å². The zero-order valence-corrected chi connectivity index (χ0v) is 15.4. The number of aromatic nitrogens is 2. The molecule has 132 valence electrons. The van der Waals surface area contributed by atoms with Crippen LogP contribution in [0.1, 0.15) is 0 Å². The van der Waals surface area contributed by atoms with E-state index < -0.39 is 11.2 Å². The van der Waals surface area contributed by atoms with Crippen molar-refractivity contribution in [1.82, 2.24) is 9.13 Å². The molecule has 0 radical (unpaired) electrons. The van der Waals surface area contributed by atoms with Crippen LogP contribution in [0.25, 0.3) is 10.9 Å². The Bertz CT molecular complexity index is 1100. The van der Waals surface area contributed by atoms with E-state index in [4.69, 9.17) is 0 Å². The third kappa shape index (κ3) is 3.52. The Morgan fingerprint density at radius 1 is 1.08 bits per heavy atom. The number of nitrogens with zero attached hydrogens (tertiary/aromatic N) is 2. The van der Waals surface area contributed by atoms with Gasteiger partial charge in [0.2, 0.25) is 5.91 Å². The summed E-state index contributed by atoms with van der Waals surface area (Å²) in [5, 5.41) is 3.13. The molecular weight excluding hydrogens is 398 g/mol. The molecule has 2 aromatic carbocycles. The van der Waals surface area contributed by atoms with Gasteiger partial charge in [-0.3, -0.25) is 18.7 Å². The minimum Gasteiger partial charge on any atom is -0.325 e. The van der Waals surface area contributed by atoms with Gasteiger partial charge in [-0.1, -0.05) is 34.1 Å². The molecule has 1 aromatic heterocycles. The summed E-state index contributed by atoms with van der Waals surface area (Å²) in [7, 11) is 0. The third-order valence-corrected chi connectivity index (χ3v) is 4.40. The lowest BCUT2D eigenvalue weighted by Crippen LogP contribution is -2.41. The molecule has 0 saturated carbocycles. The lowest BCUT2D eigenvalue weighted by atomic mass is 10.2. The highest BCUT2D eigenvalue weighted by atomic mass is 79.9. The molecule has 0 unspecified atom stereocenters. The number of nitrogens with one attached hydrogen (secondary N) is 1. The highest BCUT2D eigenvalue weighted by Gasteiger charge is 2.14. The zero-order chi connectivity index (χ0) is 18.7. The van der Waals surface area contributed by atoms with Crippen LogP contribution < -0.4 is 16.6 Å². The minimum atomic E-state index is -0.542. The number of rotatable bonds is 5. The molecule has 7 heteroatoms. The normalized spacial score (nSPS) is 10.7. The van der Waals surface area contributed by atoms with Gasteiger partial charge in [0, 0.05) is 16.7 Å². The standard InChI is InChI=1S/C19H16BrN3O3/c1-2-11-22-18(25)15-5-3-4-6-16(15)23(19(22)26)12-17(24)21-14-9-7-13(20)8-10-14/h2-10H,1,11-12H2,(H,21,24). The second kappa shape index (κ2) is 7.53. The highest BCUT2D eigenvalue weighted by molar-refractivity contribution is 9.10. The van der Waals surface area contributed by atoms with E-state index >= 15 is 0 Å². The topological polar surface area (TPSA) is 73.1 Å². The van der Waals surface area contributed by atoms with E-state index in [2.05, 4.69) is 27.8 Å². The van der Waals surface area contributed by atoms with E-state index in [1.807, 2.05) is 0 Å². The molecule has 0 atom stereocenters. The molecule has 0 fully saturated rings. The van der Waals surface area contributed by atoms with E-state index in [1.165, 1.54) is 10.6 Å². The summed E-state index contributed by atoms with van der Waals surface area (Å²) in [6, 6.07) is 13.9. The fourth-order valence-electron chi connectivity index (χ4n) is 2.69. The van der Waals surface area contributed by atoms with Crippen molar-refractivity contribution in [2.45, 2.75) is 13.1 Å². The number of halogens is 1. The number of amides is 1. The first-order valence-corrected chi connectivity index (χ1v) is 8.69. The van der Waals surface area contributed by atoms with Crippen molar-refractivity contribution in [3.05, 3.63) is 86.5 Å². The highest BCUT2D eigenvalue weighted by Crippen LogP contribution is 2.14. The number of hydrogen-bond donors (Lipinski definition) is 1. The van der Waals surface area contributed by atoms with Crippen molar-refractivity contribution in [3.63, 3.8) is 0 Å². The van der Waals surface area contributed by atoms with Gasteiger partial charge in [-0.05, 0) is 36.4 Å². The van der Waals surface area contributed by atoms with Gasteiger partial charge < -0.3 is 5.32 Å². The van der Waals surface area contributed by atoms with Gasteiger partial charge in [-0.25, -0.2) is 4.79 Å². The molecule has 0 saturated heterocycles. The van der Waals surface area contributed by atoms with Crippen molar-refractivity contribution < 1.29 is 4.79 Å². The van der Waals surface area contributed by atoms with Gasteiger partial charge in [-0.2, -0.15) is 0 Å². The van der Waals surface area contributed by atoms with Crippen molar-refractivity contribution in [2.24, 2.45) is 0 Å². The summed E-state index contributed by atoms with van der Waals surface area (Å²) >= 11 is 3.33. The SMILES string of the molecule is C=CCn1c(=O)c2ccccc2n(CC(=O)Nc2ccc(Br)cc2)c1=O. The first-order valence-electron chi connectivity index (χ1n) is 7.90. The van der Waals surface area contributed by atoms with Crippen molar-refractivity contribution in [3.8, 4) is 0 Å². The summed E-state index contributed by atoms with van der Waals surface area (Å²) in [6.45, 7) is 3.46. The van der Waals surface area contributed by atoms with E-state index in [-0.39, 0.29) is 19.0 Å². The Balaban J connectivity index is 2.02. The number of hydrogen-bond acceptors (Lipinski definition) is 3. The average molecular weight is 414 g/mol. The number of para-hydroxylation sites is 1. The molecule has 1 heterocycles. The Hall–Kier alpha value is -2.93. The van der Waals surface area contributed by atoms with Crippen LogP contribution in [-0.2, 0) is 17.9 Å². The summed E-state index contributed by atoms with van der Waals surface area (Å²) in [5.41, 5.74) is 0.110. The first-order chi connectivity index (χ1) is 12.5. The van der Waals surface area contributed by atoms with Crippen molar-refractivity contribution >= 4 is 38.4 Å². The second-order valence-corrected chi connectivity index (χ2v) is 6.56. The van der Waals surface area contributed by atoms with Gasteiger partial charge in [-0.15, -0.1) is 6.58 Å². The van der Waals surface area contributed by atoms with E-state index in [9.17, 15) is 14.4 Å². The maximum absolute atomic E-state index is 12.7. The second-order valence-electron chi connectivity index (χ2n) is 5.65. The monoisotopic (exact) mass is 413 g/mol. The Kier molecular flexibility index (Phi) is 5.18. The molecule has 1 N–H and O–H groups in total. The van der Waals surface area contributed by atoms with Gasteiger partial charge in [0.15, 0.2) is 0 Å². The van der Waals surface area contributed by atoms with Gasteiger partial charge in [0.25, 0.3) is 5.56 Å². The predicted molar refractivity (Wildman–Crippen MR) is 105 cm³/mol. The number of fused-ring (bicyclic) bond motifs is 1. The Morgan fingerprint density at radius 3 is 2.46 bits per heavy atom.